The topological polar surface area (TPSA) is 29.1 Å². The molecule has 94 valence electrons. The minimum atomic E-state index is -0.828. The Bertz CT molecular complexity index is 410. The number of benzene rings is 1. The zero-order chi connectivity index (χ0) is 12.8. The summed E-state index contributed by atoms with van der Waals surface area (Å²) >= 11 is 3.28. The van der Waals surface area contributed by atoms with Crippen molar-refractivity contribution >= 4 is 21.8 Å². The van der Waals surface area contributed by atoms with Gasteiger partial charge in [-0.2, -0.15) is 0 Å². The fourth-order valence-corrected chi connectivity index (χ4v) is 1.74. The third-order valence-electron chi connectivity index (χ3n) is 2.34. The van der Waals surface area contributed by atoms with Crippen molar-refractivity contribution in [1.82, 2.24) is 5.32 Å². The van der Waals surface area contributed by atoms with Gasteiger partial charge in [-0.1, -0.05) is 15.9 Å². The highest BCUT2D eigenvalue weighted by molar-refractivity contribution is 9.09. The van der Waals surface area contributed by atoms with E-state index in [9.17, 15) is 13.6 Å². The zero-order valence-corrected chi connectivity index (χ0v) is 11.1. The van der Waals surface area contributed by atoms with Crippen molar-refractivity contribution in [3.05, 3.63) is 34.9 Å². The van der Waals surface area contributed by atoms with Gasteiger partial charge in [0.15, 0.2) is 0 Å². The molecule has 1 amide bonds. The Kier molecular flexibility index (Phi) is 5.55. The summed E-state index contributed by atoms with van der Waals surface area (Å²) < 4.78 is 26.3. The summed E-state index contributed by atoms with van der Waals surface area (Å²) in [4.78, 5) is 11.6. The molecule has 1 N–H and O–H groups in total. The van der Waals surface area contributed by atoms with Crippen LogP contribution in [0, 0.1) is 18.6 Å². The molecule has 0 saturated carbocycles. The van der Waals surface area contributed by atoms with Crippen molar-refractivity contribution in [2.24, 2.45) is 0 Å². The second kappa shape index (κ2) is 6.69. The van der Waals surface area contributed by atoms with Gasteiger partial charge < -0.3 is 5.32 Å². The molecule has 1 aromatic carbocycles. The van der Waals surface area contributed by atoms with E-state index in [1.807, 2.05) is 0 Å². The molecule has 0 bridgehead atoms. The molecule has 0 aliphatic heterocycles. The molecule has 0 atom stereocenters. The Morgan fingerprint density at radius 2 is 2.00 bits per heavy atom. The molecule has 0 fully saturated rings. The molecule has 0 saturated heterocycles. The van der Waals surface area contributed by atoms with Crippen molar-refractivity contribution in [2.45, 2.75) is 19.8 Å². The molecule has 5 heteroatoms. The van der Waals surface area contributed by atoms with E-state index in [4.69, 9.17) is 0 Å². The number of hydrogen-bond acceptors (Lipinski definition) is 1. The second-order valence-corrected chi connectivity index (χ2v) is 4.53. The summed E-state index contributed by atoms with van der Waals surface area (Å²) in [5.74, 6) is -1.97. The van der Waals surface area contributed by atoms with E-state index in [-0.39, 0.29) is 11.1 Å². The molecule has 0 aliphatic carbocycles. The first-order valence-corrected chi connectivity index (χ1v) is 6.48. The van der Waals surface area contributed by atoms with Gasteiger partial charge in [0.05, 0.1) is 5.56 Å². The van der Waals surface area contributed by atoms with Crippen LogP contribution in [-0.2, 0) is 0 Å². The molecule has 1 rings (SSSR count). The Labute approximate surface area is 108 Å². The molecular weight excluding hydrogens is 292 g/mol. The first-order chi connectivity index (χ1) is 8.06. The molecule has 2 nitrogen and oxygen atoms in total. The lowest BCUT2D eigenvalue weighted by Gasteiger charge is -2.07. The summed E-state index contributed by atoms with van der Waals surface area (Å²) in [7, 11) is 0. The lowest BCUT2D eigenvalue weighted by Crippen LogP contribution is -2.25. The first-order valence-electron chi connectivity index (χ1n) is 5.36. The van der Waals surface area contributed by atoms with Gasteiger partial charge in [0.25, 0.3) is 5.91 Å². The monoisotopic (exact) mass is 305 g/mol. The van der Waals surface area contributed by atoms with Crippen molar-refractivity contribution in [2.75, 3.05) is 11.9 Å². The van der Waals surface area contributed by atoms with E-state index in [2.05, 4.69) is 21.2 Å². The van der Waals surface area contributed by atoms with Crippen LogP contribution in [0.1, 0.15) is 28.8 Å². The first kappa shape index (κ1) is 14.1. The third kappa shape index (κ3) is 4.07. The van der Waals surface area contributed by atoms with Crippen LogP contribution in [0.4, 0.5) is 8.78 Å². The average molecular weight is 306 g/mol. The molecule has 0 spiro atoms. The minimum absolute atomic E-state index is 0.109. The van der Waals surface area contributed by atoms with Crippen LogP contribution in [0.25, 0.3) is 0 Å². The standard InChI is InChI=1S/C12H14BrF2NO/c1-8-6-9(11(15)7-10(8)14)12(17)16-5-3-2-4-13/h6-7H,2-5H2,1H3,(H,16,17). The number of hydrogen-bond donors (Lipinski definition) is 1. The number of carbonyl (C=O) groups is 1. The second-order valence-electron chi connectivity index (χ2n) is 3.73. The molecule has 0 aromatic heterocycles. The van der Waals surface area contributed by atoms with E-state index in [0.29, 0.717) is 6.54 Å². The summed E-state index contributed by atoms with van der Waals surface area (Å²) in [5, 5.41) is 3.47. The van der Waals surface area contributed by atoms with Gasteiger partial charge >= 0.3 is 0 Å². The van der Waals surface area contributed by atoms with Crippen LogP contribution in [0.5, 0.6) is 0 Å². The van der Waals surface area contributed by atoms with Crippen LogP contribution in [0.2, 0.25) is 0 Å². The van der Waals surface area contributed by atoms with E-state index in [1.165, 1.54) is 13.0 Å². The van der Waals surface area contributed by atoms with E-state index in [0.717, 1.165) is 24.2 Å². The number of carbonyl (C=O) groups excluding carboxylic acids is 1. The molecule has 17 heavy (non-hydrogen) atoms. The summed E-state index contributed by atoms with van der Waals surface area (Å²) in [6.45, 7) is 1.98. The maximum absolute atomic E-state index is 13.3. The highest BCUT2D eigenvalue weighted by atomic mass is 79.9. The molecule has 0 radical (unpaired) electrons. The summed E-state index contributed by atoms with van der Waals surface area (Å²) in [5.41, 5.74) is 0.153. The maximum Gasteiger partial charge on any atom is 0.254 e. The molecule has 0 unspecified atom stereocenters. The Morgan fingerprint density at radius 1 is 1.29 bits per heavy atom. The number of halogens is 3. The Balaban J connectivity index is 2.66. The lowest BCUT2D eigenvalue weighted by molar-refractivity contribution is 0.0949. The summed E-state index contributed by atoms with van der Waals surface area (Å²) in [6.07, 6.45) is 1.75. The number of unbranched alkanes of at least 4 members (excludes halogenated alkanes) is 1. The molecule has 0 heterocycles. The molecular formula is C12H14BrF2NO. The van der Waals surface area contributed by atoms with Crippen LogP contribution in [0.3, 0.4) is 0 Å². The highest BCUT2D eigenvalue weighted by Gasteiger charge is 2.13. The van der Waals surface area contributed by atoms with Crippen LogP contribution < -0.4 is 5.32 Å². The van der Waals surface area contributed by atoms with Crippen molar-refractivity contribution in [3.8, 4) is 0 Å². The normalized spacial score (nSPS) is 10.4. The van der Waals surface area contributed by atoms with Crippen molar-refractivity contribution < 1.29 is 13.6 Å². The Morgan fingerprint density at radius 3 is 2.65 bits per heavy atom. The number of nitrogens with one attached hydrogen (secondary N) is 1. The van der Waals surface area contributed by atoms with Crippen LogP contribution >= 0.6 is 15.9 Å². The van der Waals surface area contributed by atoms with Gasteiger partial charge in [-0.25, -0.2) is 8.78 Å². The summed E-state index contributed by atoms with van der Waals surface area (Å²) in [6, 6.07) is 1.97. The number of aryl methyl sites for hydroxylation is 1. The van der Waals surface area contributed by atoms with Gasteiger partial charge in [0, 0.05) is 17.9 Å². The van der Waals surface area contributed by atoms with E-state index >= 15 is 0 Å². The number of amides is 1. The smallest absolute Gasteiger partial charge is 0.254 e. The van der Waals surface area contributed by atoms with Crippen molar-refractivity contribution in [1.29, 1.82) is 0 Å². The minimum Gasteiger partial charge on any atom is -0.352 e. The van der Waals surface area contributed by atoms with E-state index < -0.39 is 17.5 Å². The van der Waals surface area contributed by atoms with Crippen molar-refractivity contribution in [3.63, 3.8) is 0 Å². The molecule has 1 aromatic rings. The number of rotatable bonds is 5. The highest BCUT2D eigenvalue weighted by Crippen LogP contribution is 2.14. The third-order valence-corrected chi connectivity index (χ3v) is 2.90. The quantitative estimate of drug-likeness (QED) is 0.657. The SMILES string of the molecule is Cc1cc(C(=O)NCCCCBr)c(F)cc1F. The fourth-order valence-electron chi connectivity index (χ4n) is 1.35. The lowest BCUT2D eigenvalue weighted by atomic mass is 10.1. The van der Waals surface area contributed by atoms with Crippen LogP contribution in [-0.4, -0.2) is 17.8 Å². The van der Waals surface area contributed by atoms with E-state index in [1.54, 1.807) is 0 Å². The predicted molar refractivity (Wildman–Crippen MR) is 66.5 cm³/mol. The Hall–Kier alpha value is -0.970. The zero-order valence-electron chi connectivity index (χ0n) is 9.53. The van der Waals surface area contributed by atoms with Crippen LogP contribution in [0.15, 0.2) is 12.1 Å². The number of alkyl halides is 1. The van der Waals surface area contributed by atoms with Gasteiger partial charge in [-0.15, -0.1) is 0 Å². The average Bonchev–Trinajstić information content (AvgIpc) is 2.29. The van der Waals surface area contributed by atoms with Gasteiger partial charge in [0.1, 0.15) is 11.6 Å². The van der Waals surface area contributed by atoms with Gasteiger partial charge in [0.2, 0.25) is 0 Å². The van der Waals surface area contributed by atoms with Gasteiger partial charge in [-0.05, 0) is 31.4 Å². The van der Waals surface area contributed by atoms with Gasteiger partial charge in [-0.3, -0.25) is 4.79 Å². The largest absolute Gasteiger partial charge is 0.352 e. The fraction of sp³-hybridized carbons (Fsp3) is 0.417. The predicted octanol–water partition coefficient (Wildman–Crippen LogP) is 3.18. The molecule has 0 aliphatic rings. The maximum atomic E-state index is 13.3.